The van der Waals surface area contributed by atoms with E-state index in [9.17, 15) is 4.79 Å². The molecule has 0 spiro atoms. The molecule has 0 aliphatic rings. The van der Waals surface area contributed by atoms with Crippen LogP contribution in [0.2, 0.25) is 5.02 Å². The van der Waals surface area contributed by atoms with E-state index in [-0.39, 0.29) is 23.9 Å². The summed E-state index contributed by atoms with van der Waals surface area (Å²) >= 11 is 6.14. The van der Waals surface area contributed by atoms with E-state index in [0.717, 1.165) is 16.9 Å². The molecule has 0 radical (unpaired) electrons. The second kappa shape index (κ2) is 11.3. The maximum atomic E-state index is 11.8. The van der Waals surface area contributed by atoms with E-state index in [1.165, 1.54) is 0 Å². The molecule has 0 aliphatic carbocycles. The fourth-order valence-electron chi connectivity index (χ4n) is 2.46. The van der Waals surface area contributed by atoms with Gasteiger partial charge in [-0.2, -0.15) is 0 Å². The third-order valence-electron chi connectivity index (χ3n) is 3.90. The molecule has 0 unspecified atom stereocenters. The summed E-state index contributed by atoms with van der Waals surface area (Å²) in [6.45, 7) is 2.02. The Morgan fingerprint density at radius 1 is 1.14 bits per heavy atom. The smallest absolute Gasteiger partial charge is 0.277 e. The lowest BCUT2D eigenvalue weighted by Crippen LogP contribution is -3.00. The molecule has 4 N–H and O–H groups in total. The Bertz CT molecular complexity index is 935. The number of hydrogen-bond donors (Lipinski definition) is 3. The van der Waals surface area contributed by atoms with Crippen molar-refractivity contribution in [3.8, 4) is 5.75 Å². The maximum absolute atomic E-state index is 11.8. The van der Waals surface area contributed by atoms with Crippen molar-refractivity contribution in [2.24, 2.45) is 0 Å². The van der Waals surface area contributed by atoms with Crippen LogP contribution in [0.15, 0.2) is 53.2 Å². The van der Waals surface area contributed by atoms with Gasteiger partial charge in [0.25, 0.3) is 5.91 Å². The number of amides is 1. The minimum Gasteiger partial charge on any atom is -1.00 e. The number of halogens is 2. The molecule has 0 fully saturated rings. The molecule has 3 aromatic rings. The highest BCUT2D eigenvalue weighted by Crippen LogP contribution is 2.19. The van der Waals surface area contributed by atoms with Crippen LogP contribution in [0.5, 0.6) is 5.75 Å². The van der Waals surface area contributed by atoms with Gasteiger partial charge in [-0.15, -0.1) is 0 Å². The fraction of sp³-hybridized carbons (Fsp3) is 0.211. The number of nitrogens with two attached hydrogens (primary N) is 1. The van der Waals surface area contributed by atoms with Gasteiger partial charge < -0.3 is 33.5 Å². The molecule has 0 bridgehead atoms. The predicted octanol–water partition coefficient (Wildman–Crippen LogP) is -0.592. The number of carbonyl (C=O) groups excluding carboxylic acids is 1. The molecule has 0 saturated heterocycles. The van der Waals surface area contributed by atoms with Gasteiger partial charge in [-0.3, -0.25) is 4.79 Å². The van der Waals surface area contributed by atoms with Gasteiger partial charge in [0.1, 0.15) is 12.4 Å². The molecular weight excluding hydrogens is 417 g/mol. The summed E-state index contributed by atoms with van der Waals surface area (Å²) in [5.41, 5.74) is 7.46. The molecule has 0 atom stereocenters. The molecule has 1 amide bonds. The largest absolute Gasteiger partial charge is 1.00 e. The molecule has 0 saturated carbocycles. The first-order chi connectivity index (χ1) is 13.6. The van der Waals surface area contributed by atoms with Crippen molar-refractivity contribution in [1.82, 2.24) is 20.9 Å². The van der Waals surface area contributed by atoms with Gasteiger partial charge in [-0.05, 0) is 34.1 Å². The van der Waals surface area contributed by atoms with E-state index in [4.69, 9.17) is 22.1 Å². The van der Waals surface area contributed by atoms with Crippen molar-refractivity contribution in [2.45, 2.75) is 13.2 Å². The van der Waals surface area contributed by atoms with Crippen molar-refractivity contribution < 1.29 is 26.6 Å². The lowest BCUT2D eigenvalue weighted by atomic mass is 10.2. The van der Waals surface area contributed by atoms with E-state index in [0.29, 0.717) is 31.3 Å². The van der Waals surface area contributed by atoms with Gasteiger partial charge in [-0.25, -0.2) is 4.63 Å². The second-order valence-corrected chi connectivity index (χ2v) is 6.37. The molecule has 29 heavy (non-hydrogen) atoms. The molecule has 8 nitrogen and oxygen atoms in total. The fourth-order valence-corrected chi connectivity index (χ4v) is 2.65. The highest BCUT2D eigenvalue weighted by molar-refractivity contribution is 6.31. The SMILES string of the molecule is Nc1nonc1C(=O)NCCNCc1cccc(OCc2ccccc2Cl)c1.[Cl-]. The minimum atomic E-state index is -0.421. The van der Waals surface area contributed by atoms with Crippen LogP contribution in [0.1, 0.15) is 21.6 Å². The van der Waals surface area contributed by atoms with E-state index in [1.54, 1.807) is 0 Å². The summed E-state index contributed by atoms with van der Waals surface area (Å²) in [4.78, 5) is 11.8. The number of nitrogens with one attached hydrogen (secondary N) is 2. The number of rotatable bonds is 9. The number of ether oxygens (including phenoxy) is 1. The first-order valence-corrected chi connectivity index (χ1v) is 9.03. The van der Waals surface area contributed by atoms with E-state index in [2.05, 4.69) is 25.6 Å². The number of anilines is 1. The first kappa shape index (κ1) is 22.5. The quantitative estimate of drug-likeness (QED) is 0.383. The number of carbonyl (C=O) groups is 1. The van der Waals surface area contributed by atoms with Gasteiger partial charge in [0, 0.05) is 30.2 Å². The summed E-state index contributed by atoms with van der Waals surface area (Å²) in [5, 5.41) is 13.4. The van der Waals surface area contributed by atoms with Gasteiger partial charge in [0.05, 0.1) is 0 Å². The topological polar surface area (TPSA) is 115 Å². The number of nitrogens with zero attached hydrogens (tertiary/aromatic N) is 2. The number of nitrogen functional groups attached to an aromatic ring is 1. The first-order valence-electron chi connectivity index (χ1n) is 8.65. The molecule has 1 heterocycles. The van der Waals surface area contributed by atoms with Crippen molar-refractivity contribution in [3.63, 3.8) is 0 Å². The Kier molecular flexibility index (Phi) is 8.72. The van der Waals surface area contributed by atoms with E-state index < -0.39 is 5.91 Å². The average Bonchev–Trinajstić information content (AvgIpc) is 3.13. The highest BCUT2D eigenvalue weighted by Gasteiger charge is 2.14. The lowest BCUT2D eigenvalue weighted by molar-refractivity contribution is -0.0000149. The van der Waals surface area contributed by atoms with Crippen LogP contribution < -0.4 is 33.5 Å². The zero-order valence-electron chi connectivity index (χ0n) is 15.4. The van der Waals surface area contributed by atoms with Crippen molar-refractivity contribution in [2.75, 3.05) is 18.8 Å². The summed E-state index contributed by atoms with van der Waals surface area (Å²) in [7, 11) is 0. The molecule has 1 aromatic heterocycles. The molecule has 10 heteroatoms. The Labute approximate surface area is 179 Å². The van der Waals surface area contributed by atoms with Crippen LogP contribution in [0.25, 0.3) is 0 Å². The highest BCUT2D eigenvalue weighted by atomic mass is 35.5. The predicted molar refractivity (Wildman–Crippen MR) is 105 cm³/mol. The van der Waals surface area contributed by atoms with Crippen molar-refractivity contribution in [1.29, 1.82) is 0 Å². The zero-order valence-corrected chi connectivity index (χ0v) is 16.9. The molecule has 0 aliphatic heterocycles. The molecule has 154 valence electrons. The van der Waals surface area contributed by atoms with E-state index in [1.807, 2.05) is 48.5 Å². The maximum Gasteiger partial charge on any atom is 0.277 e. The average molecular weight is 437 g/mol. The zero-order chi connectivity index (χ0) is 19.8. The Balaban J connectivity index is 0.00000300. The normalized spacial score (nSPS) is 10.2. The minimum absolute atomic E-state index is 0. The second-order valence-electron chi connectivity index (χ2n) is 5.96. The van der Waals surface area contributed by atoms with E-state index >= 15 is 0 Å². The van der Waals surface area contributed by atoms with Gasteiger partial charge in [0.2, 0.25) is 11.5 Å². The third-order valence-corrected chi connectivity index (χ3v) is 4.26. The molecule has 3 rings (SSSR count). The molecular formula is C19H20Cl2N5O3-. The Morgan fingerprint density at radius 3 is 2.72 bits per heavy atom. The van der Waals surface area contributed by atoms with Crippen LogP contribution in [-0.2, 0) is 13.2 Å². The summed E-state index contributed by atoms with van der Waals surface area (Å²) in [6, 6.07) is 15.4. The monoisotopic (exact) mass is 436 g/mol. The van der Waals surface area contributed by atoms with Crippen molar-refractivity contribution >= 4 is 23.3 Å². The van der Waals surface area contributed by atoms with Gasteiger partial charge >= 0.3 is 0 Å². The number of benzene rings is 2. The number of aromatic nitrogens is 2. The summed E-state index contributed by atoms with van der Waals surface area (Å²) in [5.74, 6) is 0.316. The summed E-state index contributed by atoms with van der Waals surface area (Å²) < 4.78 is 10.2. The van der Waals surface area contributed by atoms with Crippen LogP contribution >= 0.6 is 11.6 Å². The van der Waals surface area contributed by atoms with Crippen LogP contribution in [0.4, 0.5) is 5.82 Å². The van der Waals surface area contributed by atoms with Gasteiger partial charge in [-0.1, -0.05) is 41.9 Å². The Hall–Kier alpha value is -2.81. The molecule has 2 aromatic carbocycles. The van der Waals surface area contributed by atoms with Gasteiger partial charge in [0.15, 0.2) is 0 Å². The third kappa shape index (κ3) is 6.63. The standard InChI is InChI=1S/C19H20ClN5O3.ClH/c20-16-7-2-1-5-14(16)12-27-15-6-3-4-13(10-15)11-22-8-9-23-19(26)17-18(21)25-28-24-17;/h1-7,10,22H,8-9,11-12H2,(H2,21,25)(H,23,26);1H/p-1. The van der Waals surface area contributed by atoms with Crippen molar-refractivity contribution in [3.05, 3.63) is 70.4 Å². The summed E-state index contributed by atoms with van der Waals surface area (Å²) in [6.07, 6.45) is 0. The Morgan fingerprint density at radius 2 is 1.97 bits per heavy atom. The van der Waals surface area contributed by atoms with Crippen LogP contribution in [0.3, 0.4) is 0 Å². The van der Waals surface area contributed by atoms with Crippen LogP contribution in [-0.4, -0.2) is 29.3 Å². The number of hydrogen-bond acceptors (Lipinski definition) is 7. The van der Waals surface area contributed by atoms with Crippen LogP contribution in [0, 0.1) is 0 Å². The lowest BCUT2D eigenvalue weighted by Gasteiger charge is -2.10.